The van der Waals surface area contributed by atoms with E-state index in [0.29, 0.717) is 13.2 Å². The van der Waals surface area contributed by atoms with Gasteiger partial charge in [-0.15, -0.1) is 0 Å². The fourth-order valence-electron chi connectivity index (χ4n) is 2.01. The number of ether oxygens (including phenoxy) is 2. The number of amides is 2. The minimum absolute atomic E-state index is 0.198. The predicted molar refractivity (Wildman–Crippen MR) is 99.6 cm³/mol. The van der Waals surface area contributed by atoms with E-state index in [-0.39, 0.29) is 34.5 Å². The normalized spacial score (nSPS) is 12.8. The molecule has 8 heteroatoms. The molecule has 2 atom stereocenters. The summed E-state index contributed by atoms with van der Waals surface area (Å²) in [6.07, 6.45) is 1.84. The summed E-state index contributed by atoms with van der Waals surface area (Å²) in [6, 6.07) is 2.92. The van der Waals surface area contributed by atoms with E-state index < -0.39 is 11.8 Å². The van der Waals surface area contributed by atoms with Crippen LogP contribution in [0, 0.1) is 11.8 Å². The monoisotopic (exact) mass is 366 g/mol. The van der Waals surface area contributed by atoms with Crippen molar-refractivity contribution in [3.63, 3.8) is 0 Å². The highest BCUT2D eigenvalue weighted by molar-refractivity contribution is 6.02. The molecule has 0 aliphatic carbocycles. The third kappa shape index (κ3) is 5.89. The maximum atomic E-state index is 12.1. The minimum atomic E-state index is -0.530. The van der Waals surface area contributed by atoms with Crippen LogP contribution in [-0.2, 0) is 0 Å². The van der Waals surface area contributed by atoms with Crippen LogP contribution in [0.3, 0.4) is 0 Å². The molecule has 0 fully saturated rings. The second kappa shape index (κ2) is 10.6. The summed E-state index contributed by atoms with van der Waals surface area (Å²) in [6.45, 7) is 8.94. The second-order valence-corrected chi connectivity index (χ2v) is 6.44. The van der Waals surface area contributed by atoms with Crippen molar-refractivity contribution >= 4 is 11.8 Å². The Labute approximate surface area is 154 Å². The molecule has 146 valence electrons. The maximum Gasteiger partial charge on any atom is 0.269 e. The van der Waals surface area contributed by atoms with Gasteiger partial charge in [-0.2, -0.15) is 0 Å². The lowest BCUT2D eigenvalue weighted by molar-refractivity contribution is 0.0933. The molecule has 0 saturated carbocycles. The highest BCUT2D eigenvalue weighted by Crippen LogP contribution is 2.30. The lowest BCUT2D eigenvalue weighted by Gasteiger charge is -2.19. The van der Waals surface area contributed by atoms with Crippen molar-refractivity contribution in [1.29, 1.82) is 0 Å². The van der Waals surface area contributed by atoms with Gasteiger partial charge in [0.1, 0.15) is 11.5 Å². The van der Waals surface area contributed by atoms with Crippen LogP contribution in [0.25, 0.3) is 0 Å². The van der Waals surface area contributed by atoms with E-state index in [1.54, 1.807) is 0 Å². The van der Waals surface area contributed by atoms with Crippen molar-refractivity contribution < 1.29 is 19.1 Å². The van der Waals surface area contributed by atoms with Gasteiger partial charge in [-0.05, 0) is 24.0 Å². The topological polar surface area (TPSA) is 129 Å². The van der Waals surface area contributed by atoms with Crippen LogP contribution in [-0.4, -0.2) is 25.0 Å². The number of rotatable bonds is 10. The molecular formula is C18H30N4O4. The van der Waals surface area contributed by atoms with Crippen molar-refractivity contribution in [2.75, 3.05) is 13.2 Å². The number of carbonyl (C=O) groups excluding carboxylic acids is 2. The molecule has 0 aromatic heterocycles. The largest absolute Gasteiger partial charge is 0.492 e. The Morgan fingerprint density at radius 3 is 1.50 bits per heavy atom. The van der Waals surface area contributed by atoms with Crippen LogP contribution in [0.1, 0.15) is 61.3 Å². The summed E-state index contributed by atoms with van der Waals surface area (Å²) < 4.78 is 11.5. The molecule has 26 heavy (non-hydrogen) atoms. The number of nitrogens with two attached hydrogens (primary N) is 2. The van der Waals surface area contributed by atoms with Crippen molar-refractivity contribution in [1.82, 2.24) is 10.9 Å². The highest BCUT2D eigenvalue weighted by atomic mass is 16.5. The third-order valence-corrected chi connectivity index (χ3v) is 4.27. The van der Waals surface area contributed by atoms with Gasteiger partial charge in [0.25, 0.3) is 11.8 Å². The van der Waals surface area contributed by atoms with Crippen molar-refractivity contribution in [2.24, 2.45) is 23.5 Å². The molecule has 0 aliphatic heterocycles. The molecule has 0 aliphatic rings. The van der Waals surface area contributed by atoms with E-state index in [0.717, 1.165) is 12.8 Å². The lowest BCUT2D eigenvalue weighted by atomic mass is 10.1. The summed E-state index contributed by atoms with van der Waals surface area (Å²) in [5, 5.41) is 0. The molecule has 1 aromatic carbocycles. The number of hydrogen-bond donors (Lipinski definition) is 4. The van der Waals surface area contributed by atoms with Gasteiger partial charge >= 0.3 is 0 Å². The summed E-state index contributed by atoms with van der Waals surface area (Å²) in [5.41, 5.74) is 4.57. The van der Waals surface area contributed by atoms with Gasteiger partial charge in [0.2, 0.25) is 0 Å². The van der Waals surface area contributed by atoms with Crippen LogP contribution >= 0.6 is 0 Å². The fraction of sp³-hybridized carbons (Fsp3) is 0.556. The Morgan fingerprint density at radius 1 is 0.885 bits per heavy atom. The number of carbonyl (C=O) groups is 2. The SMILES string of the molecule is CC[C@H](C)COc1cc(C(=O)NN)c(OC[C@@H](C)CC)cc1C(=O)NN. The van der Waals surface area contributed by atoms with Gasteiger partial charge in [-0.25, -0.2) is 11.7 Å². The lowest BCUT2D eigenvalue weighted by Crippen LogP contribution is -2.32. The summed E-state index contributed by atoms with van der Waals surface area (Å²) in [7, 11) is 0. The Morgan fingerprint density at radius 2 is 1.23 bits per heavy atom. The van der Waals surface area contributed by atoms with Gasteiger partial charge < -0.3 is 9.47 Å². The first kappa shape index (κ1) is 21.7. The molecule has 0 unspecified atom stereocenters. The summed E-state index contributed by atoms with van der Waals surface area (Å²) in [5.74, 6) is 10.6. The summed E-state index contributed by atoms with van der Waals surface area (Å²) in [4.78, 5) is 24.3. The second-order valence-electron chi connectivity index (χ2n) is 6.44. The smallest absolute Gasteiger partial charge is 0.269 e. The van der Waals surface area contributed by atoms with Gasteiger partial charge in [0.15, 0.2) is 0 Å². The van der Waals surface area contributed by atoms with Crippen LogP contribution in [0.15, 0.2) is 12.1 Å². The molecule has 8 nitrogen and oxygen atoms in total. The molecule has 0 radical (unpaired) electrons. The first-order chi connectivity index (χ1) is 12.4. The van der Waals surface area contributed by atoms with Gasteiger partial charge in [-0.1, -0.05) is 40.5 Å². The standard InChI is InChI=1S/C18H30N4O4/c1-5-11(3)9-25-15-7-14(18(24)22-20)16(26-10-12(4)6-2)8-13(15)17(23)21-19/h7-8,11-12H,5-6,9-10,19-20H2,1-4H3,(H,21,23)(H,22,24)/t11-,12-/m0/s1. The number of benzene rings is 1. The average Bonchev–Trinajstić information content (AvgIpc) is 2.68. The predicted octanol–water partition coefficient (Wildman–Crippen LogP) is 1.74. The van der Waals surface area contributed by atoms with Crippen LogP contribution in [0.2, 0.25) is 0 Å². The van der Waals surface area contributed by atoms with Crippen molar-refractivity contribution in [3.8, 4) is 11.5 Å². The first-order valence-electron chi connectivity index (χ1n) is 8.83. The molecule has 6 N–H and O–H groups in total. The summed E-state index contributed by atoms with van der Waals surface area (Å²) >= 11 is 0. The Hall–Kier alpha value is -2.32. The molecular weight excluding hydrogens is 336 g/mol. The molecule has 1 aromatic rings. The highest BCUT2D eigenvalue weighted by Gasteiger charge is 2.21. The zero-order chi connectivity index (χ0) is 19.7. The van der Waals surface area contributed by atoms with Gasteiger partial charge in [-0.3, -0.25) is 20.4 Å². The van der Waals surface area contributed by atoms with Crippen LogP contribution < -0.4 is 32.0 Å². The van der Waals surface area contributed by atoms with E-state index in [4.69, 9.17) is 21.2 Å². The molecule has 1 rings (SSSR count). The quantitative estimate of drug-likeness (QED) is 0.284. The molecule has 0 saturated heterocycles. The third-order valence-electron chi connectivity index (χ3n) is 4.27. The minimum Gasteiger partial charge on any atom is -0.492 e. The zero-order valence-corrected chi connectivity index (χ0v) is 15.9. The fourth-order valence-corrected chi connectivity index (χ4v) is 2.01. The number of nitrogens with one attached hydrogen (secondary N) is 2. The van der Waals surface area contributed by atoms with E-state index >= 15 is 0 Å². The zero-order valence-electron chi connectivity index (χ0n) is 15.9. The molecule has 0 spiro atoms. The maximum absolute atomic E-state index is 12.1. The molecule has 0 heterocycles. The number of nitrogen functional groups attached to an aromatic ring is 2. The van der Waals surface area contributed by atoms with Gasteiger partial charge in [0.05, 0.1) is 24.3 Å². The number of hydrazine groups is 2. The Balaban J connectivity index is 3.30. The number of hydrogen-bond acceptors (Lipinski definition) is 6. The van der Waals surface area contributed by atoms with E-state index in [2.05, 4.69) is 10.9 Å². The van der Waals surface area contributed by atoms with Gasteiger partial charge in [0, 0.05) is 0 Å². The first-order valence-corrected chi connectivity index (χ1v) is 8.83. The molecule has 2 amide bonds. The van der Waals surface area contributed by atoms with Crippen LogP contribution in [0.5, 0.6) is 11.5 Å². The van der Waals surface area contributed by atoms with E-state index in [1.807, 2.05) is 27.7 Å². The van der Waals surface area contributed by atoms with Crippen LogP contribution in [0.4, 0.5) is 0 Å². The average molecular weight is 366 g/mol. The van der Waals surface area contributed by atoms with Crippen molar-refractivity contribution in [3.05, 3.63) is 23.3 Å². The van der Waals surface area contributed by atoms with E-state index in [1.165, 1.54) is 12.1 Å². The Kier molecular flexibility index (Phi) is 8.87. The Bertz CT molecular complexity index is 568. The van der Waals surface area contributed by atoms with Crippen molar-refractivity contribution in [2.45, 2.75) is 40.5 Å². The molecule has 0 bridgehead atoms. The van der Waals surface area contributed by atoms with E-state index in [9.17, 15) is 9.59 Å².